The lowest BCUT2D eigenvalue weighted by atomic mass is 10.3. The Morgan fingerprint density at radius 1 is 1.38 bits per heavy atom. The van der Waals surface area contributed by atoms with Crippen LogP contribution in [0.3, 0.4) is 0 Å². The van der Waals surface area contributed by atoms with Crippen LogP contribution in [0.25, 0.3) is 0 Å². The van der Waals surface area contributed by atoms with Crippen LogP contribution in [0.2, 0.25) is 0 Å². The maximum absolute atomic E-state index is 11.9. The van der Waals surface area contributed by atoms with Gasteiger partial charge < -0.3 is 20.1 Å². The van der Waals surface area contributed by atoms with Gasteiger partial charge in [-0.25, -0.2) is 0 Å². The van der Waals surface area contributed by atoms with Crippen LogP contribution in [0.5, 0.6) is 0 Å². The molecule has 16 heavy (non-hydrogen) atoms. The molecule has 0 spiro atoms. The highest BCUT2D eigenvalue weighted by Crippen LogP contribution is 2.18. The van der Waals surface area contributed by atoms with Gasteiger partial charge in [0.1, 0.15) is 0 Å². The van der Waals surface area contributed by atoms with Crippen molar-refractivity contribution in [3.8, 4) is 0 Å². The Balaban J connectivity index is 3.46. The molecule has 0 aliphatic carbocycles. The molecule has 0 saturated heterocycles. The van der Waals surface area contributed by atoms with Crippen molar-refractivity contribution in [3.05, 3.63) is 0 Å². The molecule has 0 rings (SSSR count). The predicted octanol–water partition coefficient (Wildman–Crippen LogP) is 0.0774. The lowest BCUT2D eigenvalue weighted by Gasteiger charge is -2.18. The molecular weight excluding hydrogens is 225 g/mol. The van der Waals surface area contributed by atoms with Crippen molar-refractivity contribution >= 4 is 0 Å². The van der Waals surface area contributed by atoms with Crippen LogP contribution in [0.15, 0.2) is 0 Å². The number of methoxy groups -OCH3 is 1. The molecule has 4 nitrogen and oxygen atoms in total. The SMILES string of the molecule is COCCN(C)CCNCC(O)C(F)(F)F. The van der Waals surface area contributed by atoms with Gasteiger partial charge >= 0.3 is 6.18 Å². The molecular formula is C9H19F3N2O2. The molecule has 1 unspecified atom stereocenters. The molecule has 2 N–H and O–H groups in total. The largest absolute Gasteiger partial charge is 0.415 e. The zero-order valence-corrected chi connectivity index (χ0v) is 9.55. The van der Waals surface area contributed by atoms with Gasteiger partial charge in [-0.15, -0.1) is 0 Å². The van der Waals surface area contributed by atoms with Crippen LogP contribution in [-0.4, -0.2) is 69.2 Å². The molecule has 0 amide bonds. The van der Waals surface area contributed by atoms with Crippen molar-refractivity contribution in [1.29, 1.82) is 0 Å². The smallest absolute Gasteiger partial charge is 0.383 e. The summed E-state index contributed by atoms with van der Waals surface area (Å²) >= 11 is 0. The zero-order valence-electron chi connectivity index (χ0n) is 9.55. The third-order valence-corrected chi connectivity index (χ3v) is 2.06. The fourth-order valence-electron chi connectivity index (χ4n) is 0.983. The molecule has 0 bridgehead atoms. The highest BCUT2D eigenvalue weighted by Gasteiger charge is 2.37. The van der Waals surface area contributed by atoms with Crippen LogP contribution in [0.1, 0.15) is 0 Å². The minimum Gasteiger partial charge on any atom is -0.383 e. The van der Waals surface area contributed by atoms with E-state index in [1.54, 1.807) is 7.11 Å². The zero-order chi connectivity index (χ0) is 12.6. The molecule has 0 saturated carbocycles. The lowest BCUT2D eigenvalue weighted by Crippen LogP contribution is -2.41. The summed E-state index contributed by atoms with van der Waals surface area (Å²) in [6.07, 6.45) is -6.84. The van der Waals surface area contributed by atoms with Crippen molar-refractivity contribution in [2.45, 2.75) is 12.3 Å². The summed E-state index contributed by atoms with van der Waals surface area (Å²) in [4.78, 5) is 1.93. The van der Waals surface area contributed by atoms with Crippen molar-refractivity contribution in [2.24, 2.45) is 0 Å². The Labute approximate surface area is 93.4 Å². The quantitative estimate of drug-likeness (QED) is 0.593. The number of aliphatic hydroxyl groups excluding tert-OH is 1. The summed E-state index contributed by atoms with van der Waals surface area (Å²) in [7, 11) is 3.44. The minimum atomic E-state index is -4.55. The normalized spacial score (nSPS) is 14.4. The summed E-state index contributed by atoms with van der Waals surface area (Å²) < 4.78 is 40.5. The Bertz CT molecular complexity index is 179. The second-order valence-corrected chi connectivity index (χ2v) is 3.56. The molecule has 0 aromatic carbocycles. The van der Waals surface area contributed by atoms with Crippen molar-refractivity contribution in [2.75, 3.05) is 46.9 Å². The van der Waals surface area contributed by atoms with Gasteiger partial charge in [0.05, 0.1) is 6.61 Å². The first-order valence-electron chi connectivity index (χ1n) is 5.01. The molecule has 1 atom stereocenters. The van der Waals surface area contributed by atoms with Gasteiger partial charge in [0.2, 0.25) is 0 Å². The molecule has 0 aromatic rings. The summed E-state index contributed by atoms with van der Waals surface area (Å²) in [6.45, 7) is 1.84. The van der Waals surface area contributed by atoms with Gasteiger partial charge in [-0.1, -0.05) is 0 Å². The second kappa shape index (κ2) is 7.83. The first-order chi connectivity index (χ1) is 7.38. The number of rotatable bonds is 8. The van der Waals surface area contributed by atoms with E-state index >= 15 is 0 Å². The van der Waals surface area contributed by atoms with Crippen molar-refractivity contribution in [3.63, 3.8) is 0 Å². The molecule has 0 aliphatic heterocycles. The number of hydrogen-bond donors (Lipinski definition) is 2. The van der Waals surface area contributed by atoms with Crippen LogP contribution < -0.4 is 5.32 Å². The Hall–Kier alpha value is -0.370. The number of alkyl halides is 3. The standard InChI is InChI=1S/C9H19F3N2O2/c1-14(5-6-16-2)4-3-13-7-8(15)9(10,11)12/h8,13,15H,3-7H2,1-2H3. The Morgan fingerprint density at radius 2 is 2.00 bits per heavy atom. The fraction of sp³-hybridized carbons (Fsp3) is 1.00. The van der Waals surface area contributed by atoms with E-state index in [2.05, 4.69) is 5.32 Å². The Morgan fingerprint density at radius 3 is 2.50 bits per heavy atom. The topological polar surface area (TPSA) is 44.7 Å². The van der Waals surface area contributed by atoms with Crippen LogP contribution in [0, 0.1) is 0 Å². The highest BCUT2D eigenvalue weighted by atomic mass is 19.4. The van der Waals surface area contributed by atoms with Gasteiger partial charge in [0.25, 0.3) is 0 Å². The minimum absolute atomic E-state index is 0.396. The Kier molecular flexibility index (Phi) is 7.65. The van der Waals surface area contributed by atoms with E-state index < -0.39 is 18.8 Å². The average Bonchev–Trinajstić information content (AvgIpc) is 2.19. The van der Waals surface area contributed by atoms with E-state index in [0.717, 1.165) is 6.54 Å². The van der Waals surface area contributed by atoms with Crippen LogP contribution in [0.4, 0.5) is 13.2 Å². The van der Waals surface area contributed by atoms with Crippen molar-refractivity contribution < 1.29 is 23.0 Å². The summed E-state index contributed by atoms with van der Waals surface area (Å²) in [5, 5.41) is 11.2. The number of likely N-dealkylation sites (N-methyl/N-ethyl adjacent to an activating group) is 1. The molecule has 7 heteroatoms. The highest BCUT2D eigenvalue weighted by molar-refractivity contribution is 4.68. The summed E-state index contributed by atoms with van der Waals surface area (Å²) in [5.74, 6) is 0. The number of ether oxygens (including phenoxy) is 1. The van der Waals surface area contributed by atoms with Crippen molar-refractivity contribution in [1.82, 2.24) is 10.2 Å². The van der Waals surface area contributed by atoms with E-state index in [-0.39, 0.29) is 0 Å². The molecule has 0 aromatic heterocycles. The number of halogens is 3. The number of aliphatic hydroxyl groups is 1. The number of nitrogens with one attached hydrogen (secondary N) is 1. The fourth-order valence-corrected chi connectivity index (χ4v) is 0.983. The first-order valence-corrected chi connectivity index (χ1v) is 5.01. The third kappa shape index (κ3) is 7.86. The molecule has 0 fully saturated rings. The van der Waals surface area contributed by atoms with E-state index in [1.165, 1.54) is 0 Å². The van der Waals surface area contributed by atoms with Crippen LogP contribution >= 0.6 is 0 Å². The van der Waals surface area contributed by atoms with E-state index in [0.29, 0.717) is 19.7 Å². The molecule has 98 valence electrons. The number of hydrogen-bond acceptors (Lipinski definition) is 4. The average molecular weight is 244 g/mol. The van der Waals surface area contributed by atoms with Gasteiger partial charge in [0, 0.05) is 33.3 Å². The molecule has 0 radical (unpaired) electrons. The maximum Gasteiger partial charge on any atom is 0.415 e. The van der Waals surface area contributed by atoms with Gasteiger partial charge in [-0.05, 0) is 7.05 Å². The van der Waals surface area contributed by atoms with Crippen LogP contribution in [-0.2, 0) is 4.74 Å². The first kappa shape index (κ1) is 15.6. The molecule has 0 aliphatic rings. The summed E-state index contributed by atoms with van der Waals surface area (Å²) in [6, 6.07) is 0. The number of nitrogens with zero attached hydrogens (tertiary/aromatic N) is 1. The maximum atomic E-state index is 11.9. The predicted molar refractivity (Wildman–Crippen MR) is 54.3 cm³/mol. The monoisotopic (exact) mass is 244 g/mol. The van der Waals surface area contributed by atoms with Gasteiger partial charge in [-0.3, -0.25) is 0 Å². The third-order valence-electron chi connectivity index (χ3n) is 2.06. The van der Waals surface area contributed by atoms with E-state index in [9.17, 15) is 13.2 Å². The van der Waals surface area contributed by atoms with E-state index in [4.69, 9.17) is 9.84 Å². The summed E-state index contributed by atoms with van der Waals surface area (Å²) in [5.41, 5.74) is 0. The van der Waals surface area contributed by atoms with E-state index in [1.807, 2.05) is 11.9 Å². The van der Waals surface area contributed by atoms with Gasteiger partial charge in [-0.2, -0.15) is 13.2 Å². The van der Waals surface area contributed by atoms with Gasteiger partial charge in [0.15, 0.2) is 6.10 Å². The molecule has 0 heterocycles. The lowest BCUT2D eigenvalue weighted by molar-refractivity contribution is -0.201. The second-order valence-electron chi connectivity index (χ2n) is 3.56.